The molecule has 0 aliphatic rings. The quantitative estimate of drug-likeness (QED) is 0.429. The first-order valence-corrected chi connectivity index (χ1v) is 9.68. The summed E-state index contributed by atoms with van der Waals surface area (Å²) in [5.41, 5.74) is -0.269. The summed E-state index contributed by atoms with van der Waals surface area (Å²) in [4.78, 5) is 36.5. The maximum Gasteiger partial charge on any atom is 0.408 e. The predicted octanol–water partition coefficient (Wildman–Crippen LogP) is 4.60. The predicted molar refractivity (Wildman–Crippen MR) is 110 cm³/mol. The fourth-order valence-electron chi connectivity index (χ4n) is 2.71. The van der Waals surface area contributed by atoms with E-state index in [2.05, 4.69) is 5.32 Å². The first-order chi connectivity index (χ1) is 13.4. The van der Waals surface area contributed by atoms with E-state index in [1.54, 1.807) is 33.8 Å². The minimum absolute atomic E-state index is 0.0395. The summed E-state index contributed by atoms with van der Waals surface area (Å²) in [5.74, 6) is -0.547. The van der Waals surface area contributed by atoms with Crippen molar-refractivity contribution in [2.75, 3.05) is 0 Å². The Labute approximate surface area is 174 Å². The number of rotatable bonds is 5. The monoisotopic (exact) mass is 423 g/mol. The van der Waals surface area contributed by atoms with Crippen molar-refractivity contribution in [3.63, 3.8) is 0 Å². The number of alkyl carbamates (subject to hydrolysis) is 1. The number of nitrogens with one attached hydrogen (secondary N) is 1. The van der Waals surface area contributed by atoms with Crippen molar-refractivity contribution in [3.05, 3.63) is 39.2 Å². The second kappa shape index (κ2) is 8.86. The van der Waals surface area contributed by atoms with Gasteiger partial charge in [0.2, 0.25) is 0 Å². The third kappa shape index (κ3) is 6.49. The molecule has 0 saturated carbocycles. The average molecular weight is 424 g/mol. The van der Waals surface area contributed by atoms with E-state index >= 15 is 0 Å². The molecule has 0 unspecified atom stereocenters. The van der Waals surface area contributed by atoms with Gasteiger partial charge in [0.1, 0.15) is 17.2 Å². The standard InChI is InChI=1S/C21H26ClNO6/c1-11(2)7-15(23-20(26)29-21(4,5)6)19(25)28-17-10-16-13(9-14(17)22)12(3)8-18(24)27-16/h8-11,15H,7H2,1-6H3,(H,23,26)/t15-/m0/s1. The molecule has 1 aromatic heterocycles. The Kier molecular flexibility index (Phi) is 6.95. The lowest BCUT2D eigenvalue weighted by atomic mass is 10.0. The molecule has 0 saturated heterocycles. The number of hydrogen-bond acceptors (Lipinski definition) is 6. The van der Waals surface area contributed by atoms with Crippen LogP contribution >= 0.6 is 11.6 Å². The Balaban J connectivity index is 2.27. The van der Waals surface area contributed by atoms with Gasteiger partial charge in [-0.15, -0.1) is 0 Å². The van der Waals surface area contributed by atoms with E-state index in [1.165, 1.54) is 12.1 Å². The summed E-state index contributed by atoms with van der Waals surface area (Å²) in [5, 5.41) is 3.37. The van der Waals surface area contributed by atoms with Crippen LogP contribution in [0.4, 0.5) is 4.79 Å². The van der Waals surface area contributed by atoms with E-state index in [1.807, 2.05) is 13.8 Å². The summed E-state index contributed by atoms with van der Waals surface area (Å²) >= 11 is 6.25. The molecular weight excluding hydrogens is 398 g/mol. The minimum atomic E-state index is -0.930. The van der Waals surface area contributed by atoms with Crippen molar-refractivity contribution in [1.29, 1.82) is 0 Å². The van der Waals surface area contributed by atoms with Crippen LogP contribution in [0.15, 0.2) is 27.4 Å². The van der Waals surface area contributed by atoms with E-state index in [9.17, 15) is 14.4 Å². The Hall–Kier alpha value is -2.54. The van der Waals surface area contributed by atoms with Crippen LogP contribution < -0.4 is 15.7 Å². The van der Waals surface area contributed by atoms with Gasteiger partial charge in [0.15, 0.2) is 5.75 Å². The SMILES string of the molecule is Cc1cc(=O)oc2cc(OC(=O)[C@H](CC(C)C)NC(=O)OC(C)(C)C)c(Cl)cc12. The normalized spacial score (nSPS) is 12.7. The van der Waals surface area contributed by atoms with Crippen molar-refractivity contribution in [2.24, 2.45) is 5.92 Å². The molecule has 0 bridgehead atoms. The Morgan fingerprint density at radius 3 is 2.45 bits per heavy atom. The molecule has 1 atom stereocenters. The van der Waals surface area contributed by atoms with Gasteiger partial charge < -0.3 is 19.2 Å². The summed E-state index contributed by atoms with van der Waals surface area (Å²) in [6.45, 7) is 10.8. The number of carbonyl (C=O) groups is 2. The van der Waals surface area contributed by atoms with E-state index in [0.29, 0.717) is 17.4 Å². The van der Waals surface area contributed by atoms with Crippen LogP contribution in [0.1, 0.15) is 46.6 Å². The fraction of sp³-hybridized carbons (Fsp3) is 0.476. The second-order valence-corrected chi connectivity index (χ2v) is 8.68. The van der Waals surface area contributed by atoms with Crippen LogP contribution in [0.5, 0.6) is 5.75 Å². The number of hydrogen-bond donors (Lipinski definition) is 1. The molecule has 0 fully saturated rings. The second-order valence-electron chi connectivity index (χ2n) is 8.28. The largest absolute Gasteiger partial charge is 0.444 e. The first kappa shape index (κ1) is 22.7. The molecule has 8 heteroatoms. The third-order valence-corrected chi connectivity index (χ3v) is 4.19. The maximum atomic E-state index is 12.7. The van der Waals surface area contributed by atoms with Gasteiger partial charge in [-0.3, -0.25) is 0 Å². The molecule has 1 aromatic carbocycles. The fourth-order valence-corrected chi connectivity index (χ4v) is 2.91. The van der Waals surface area contributed by atoms with Crippen molar-refractivity contribution in [3.8, 4) is 5.75 Å². The third-order valence-electron chi connectivity index (χ3n) is 3.90. The smallest absolute Gasteiger partial charge is 0.408 e. The minimum Gasteiger partial charge on any atom is -0.444 e. The molecule has 2 aromatic rings. The summed E-state index contributed by atoms with van der Waals surface area (Å²) < 4.78 is 15.8. The van der Waals surface area contributed by atoms with Gasteiger partial charge in [-0.2, -0.15) is 0 Å². The highest BCUT2D eigenvalue weighted by Gasteiger charge is 2.27. The van der Waals surface area contributed by atoms with Crippen LogP contribution in [0, 0.1) is 12.8 Å². The lowest BCUT2D eigenvalue weighted by Gasteiger charge is -2.23. The van der Waals surface area contributed by atoms with Gasteiger partial charge in [0, 0.05) is 17.5 Å². The van der Waals surface area contributed by atoms with Crippen LogP contribution in [-0.4, -0.2) is 23.7 Å². The maximum absolute atomic E-state index is 12.7. The molecule has 0 spiro atoms. The van der Waals surface area contributed by atoms with E-state index < -0.39 is 29.3 Å². The van der Waals surface area contributed by atoms with Crippen LogP contribution in [0.25, 0.3) is 11.0 Å². The number of amides is 1. The Morgan fingerprint density at radius 2 is 1.86 bits per heavy atom. The first-order valence-electron chi connectivity index (χ1n) is 9.31. The van der Waals surface area contributed by atoms with Crippen LogP contribution in [-0.2, 0) is 9.53 Å². The molecule has 1 heterocycles. The summed E-state index contributed by atoms with van der Waals surface area (Å²) in [7, 11) is 0. The van der Waals surface area contributed by atoms with Crippen molar-refractivity contribution in [2.45, 2.75) is 59.6 Å². The average Bonchev–Trinajstić information content (AvgIpc) is 2.53. The summed E-state index contributed by atoms with van der Waals surface area (Å²) in [6, 6.07) is 3.38. The van der Waals surface area contributed by atoms with Crippen molar-refractivity contribution < 1.29 is 23.5 Å². The zero-order valence-electron chi connectivity index (χ0n) is 17.4. The molecule has 0 aliphatic heterocycles. The number of benzene rings is 1. The number of esters is 1. The molecule has 0 aliphatic carbocycles. The van der Waals surface area contributed by atoms with Gasteiger partial charge in [-0.05, 0) is 51.7 Å². The van der Waals surface area contributed by atoms with Crippen molar-refractivity contribution in [1.82, 2.24) is 5.32 Å². The number of halogens is 1. The zero-order valence-corrected chi connectivity index (χ0v) is 18.2. The molecule has 158 valence electrons. The molecule has 7 nitrogen and oxygen atoms in total. The van der Waals surface area contributed by atoms with Gasteiger partial charge in [0.05, 0.1) is 5.02 Å². The highest BCUT2D eigenvalue weighted by Crippen LogP contribution is 2.31. The highest BCUT2D eigenvalue weighted by atomic mass is 35.5. The Morgan fingerprint density at radius 1 is 1.21 bits per heavy atom. The van der Waals surface area contributed by atoms with E-state index in [0.717, 1.165) is 0 Å². The van der Waals surface area contributed by atoms with Crippen LogP contribution in [0.3, 0.4) is 0 Å². The lowest BCUT2D eigenvalue weighted by Crippen LogP contribution is -2.45. The molecule has 29 heavy (non-hydrogen) atoms. The van der Waals surface area contributed by atoms with Gasteiger partial charge >= 0.3 is 17.7 Å². The number of aryl methyl sites for hydroxylation is 1. The van der Waals surface area contributed by atoms with Gasteiger partial charge in [0.25, 0.3) is 0 Å². The van der Waals surface area contributed by atoms with Crippen molar-refractivity contribution >= 4 is 34.6 Å². The topological polar surface area (TPSA) is 94.8 Å². The van der Waals surface area contributed by atoms with E-state index in [4.69, 9.17) is 25.5 Å². The van der Waals surface area contributed by atoms with Gasteiger partial charge in [-0.1, -0.05) is 25.4 Å². The molecule has 1 N–H and O–H groups in total. The number of carbonyl (C=O) groups excluding carboxylic acids is 2. The molecule has 1 amide bonds. The zero-order chi connectivity index (χ0) is 21.9. The molecule has 2 rings (SSSR count). The molecular formula is C21H26ClNO6. The Bertz CT molecular complexity index is 974. The van der Waals surface area contributed by atoms with Crippen LogP contribution in [0.2, 0.25) is 5.02 Å². The highest BCUT2D eigenvalue weighted by molar-refractivity contribution is 6.33. The lowest BCUT2D eigenvalue weighted by molar-refractivity contribution is -0.137. The molecule has 0 radical (unpaired) electrons. The van der Waals surface area contributed by atoms with Gasteiger partial charge in [-0.25, -0.2) is 14.4 Å². The summed E-state index contributed by atoms with van der Waals surface area (Å²) in [6.07, 6.45) is -0.372. The number of ether oxygens (including phenoxy) is 2. The number of fused-ring (bicyclic) bond motifs is 1. The van der Waals surface area contributed by atoms with E-state index in [-0.39, 0.29) is 22.3 Å².